The molecule has 2 atom stereocenters. The molecule has 34 valence electrons. The molecule has 0 aliphatic rings. The summed E-state index contributed by atoms with van der Waals surface area (Å²) in [4.78, 5) is 0. The van der Waals surface area contributed by atoms with Crippen molar-refractivity contribution in [3.63, 3.8) is 0 Å². The van der Waals surface area contributed by atoms with Crippen molar-refractivity contribution in [2.24, 2.45) is 0 Å². The van der Waals surface area contributed by atoms with Gasteiger partial charge in [-0.3, -0.25) is 0 Å². The molecule has 0 amide bonds. The molecule has 0 aliphatic heterocycles. The van der Waals surface area contributed by atoms with E-state index in [-0.39, 0.29) is 88.4 Å². The Morgan fingerprint density at radius 3 is 0.800 bits per heavy atom. The molecule has 0 saturated heterocycles. The zero-order chi connectivity index (χ0) is 0. The van der Waals surface area contributed by atoms with Crippen LogP contribution >= 0.6 is 9.90 Å². The Morgan fingerprint density at radius 1 is 0.800 bits per heavy atom. The van der Waals surface area contributed by atoms with E-state index in [1.54, 1.807) is 0 Å². The first-order chi connectivity index (χ1) is 0. The van der Waals surface area contributed by atoms with Crippen LogP contribution in [0.3, 0.4) is 0 Å². The van der Waals surface area contributed by atoms with Crippen LogP contribution in [0.4, 0.5) is 0 Å². The Morgan fingerprint density at radius 2 is 0.800 bits per heavy atom. The molecular weight excluding hydrogens is 275 g/mol. The van der Waals surface area contributed by atoms with Gasteiger partial charge in [-0.15, -0.1) is 0 Å². The van der Waals surface area contributed by atoms with Crippen LogP contribution in [0.2, 0.25) is 0 Å². The van der Waals surface area contributed by atoms with Gasteiger partial charge in [0.15, 0.2) is 34.7 Å². The molecule has 0 spiro atoms. The fourth-order valence-corrected chi connectivity index (χ4v) is 0. The Kier molecular flexibility index (Phi) is 253. The zero-order valence-electron chi connectivity index (χ0n) is 1.41. The van der Waals surface area contributed by atoms with E-state index in [2.05, 4.69) is 0 Å². The molecule has 0 aromatic rings. The summed E-state index contributed by atoms with van der Waals surface area (Å²) >= 11 is 0. The zero-order valence-corrected chi connectivity index (χ0v) is 5.80. The summed E-state index contributed by atoms with van der Waals surface area (Å²) < 4.78 is 0. The minimum atomic E-state index is 0. The molecular formula is H15Al2AsInP. The van der Waals surface area contributed by atoms with Crippen molar-refractivity contribution >= 4 is 88.4 Å². The van der Waals surface area contributed by atoms with Crippen molar-refractivity contribution in [2.45, 2.75) is 0 Å². The average molecular weight is 290 g/mol. The van der Waals surface area contributed by atoms with Gasteiger partial charge in [0.25, 0.3) is 0 Å². The fraction of sp³-hybridized carbons (Fsp3) is 0. The van der Waals surface area contributed by atoms with E-state index in [4.69, 9.17) is 0 Å². The molecule has 0 fully saturated rings. The molecule has 0 radical (unpaired) electrons. The fourth-order valence-electron chi connectivity index (χ4n) is 0. The van der Waals surface area contributed by atoms with Gasteiger partial charge in [0.05, 0.1) is 0 Å². The summed E-state index contributed by atoms with van der Waals surface area (Å²) in [7, 11) is 0. The van der Waals surface area contributed by atoms with Crippen LogP contribution in [-0.4, -0.2) is 78.5 Å². The maximum atomic E-state index is 0. The van der Waals surface area contributed by atoms with Gasteiger partial charge in [-0.25, -0.2) is 0 Å². The van der Waals surface area contributed by atoms with Gasteiger partial charge in [0.1, 0.15) is 0 Å². The third kappa shape index (κ3) is 19.6. The van der Waals surface area contributed by atoms with Crippen molar-refractivity contribution in [3.8, 4) is 0 Å². The van der Waals surface area contributed by atoms with Crippen molar-refractivity contribution in [1.82, 2.24) is 0 Å². The second-order valence-electron chi connectivity index (χ2n) is 0. The van der Waals surface area contributed by atoms with E-state index in [1.165, 1.54) is 0 Å². The van der Waals surface area contributed by atoms with Crippen molar-refractivity contribution in [1.29, 1.82) is 0 Å². The van der Waals surface area contributed by atoms with Gasteiger partial charge < -0.3 is 0 Å². The van der Waals surface area contributed by atoms with Crippen LogP contribution in [-0.2, 0) is 0 Å². The van der Waals surface area contributed by atoms with Crippen LogP contribution in [0, 0.1) is 0 Å². The maximum absolute atomic E-state index is 0. The van der Waals surface area contributed by atoms with E-state index in [1.807, 2.05) is 0 Å². The Bertz CT molecular complexity index is 9.61. The quantitative estimate of drug-likeness (QED) is 0.311. The predicted octanol–water partition coefficient (Wildman–Crippen LogP) is -4.68. The monoisotopic (exact) mass is 290 g/mol. The Labute approximate surface area is 87.2 Å². The van der Waals surface area contributed by atoms with Crippen LogP contribution in [0.25, 0.3) is 0 Å². The Balaban J connectivity index is 0. The van der Waals surface area contributed by atoms with Crippen molar-refractivity contribution in [2.75, 3.05) is 0 Å². The molecule has 2 unspecified atom stereocenters. The Hall–Kier alpha value is 2.92. The normalized spacial score (nSPS) is 0. The number of rotatable bonds is 0. The van der Waals surface area contributed by atoms with Gasteiger partial charge in [0, 0.05) is 0 Å². The molecule has 0 aliphatic carbocycles. The molecule has 0 nitrogen and oxygen atoms in total. The molecule has 0 bridgehead atoms. The van der Waals surface area contributed by atoms with Gasteiger partial charge >= 0.3 is 43.8 Å². The van der Waals surface area contributed by atoms with E-state index in [9.17, 15) is 0 Å². The summed E-state index contributed by atoms with van der Waals surface area (Å²) in [5.74, 6) is 0. The van der Waals surface area contributed by atoms with Gasteiger partial charge in [0.2, 0.25) is 0 Å². The van der Waals surface area contributed by atoms with E-state index in [0.29, 0.717) is 0 Å². The molecule has 0 aromatic carbocycles. The van der Waals surface area contributed by atoms with E-state index in [0.717, 1.165) is 0 Å². The third-order valence-electron chi connectivity index (χ3n) is 0. The summed E-state index contributed by atoms with van der Waals surface area (Å²) in [5, 5.41) is 0. The minimum absolute atomic E-state index is 0. The molecule has 0 rings (SSSR count). The SMILES string of the molecule is P.[AlH3].[AlH3].[AsH3].[InH3]. The second-order valence-corrected chi connectivity index (χ2v) is 0. The topological polar surface area (TPSA) is 0 Å². The predicted molar refractivity (Wildman–Crippen MR) is 50.9 cm³/mol. The number of hydrogen-bond acceptors (Lipinski definition) is 0. The average Bonchev–Trinajstić information content (AvgIpc) is 0. The van der Waals surface area contributed by atoms with Gasteiger partial charge in [-0.05, 0) is 0 Å². The van der Waals surface area contributed by atoms with Crippen molar-refractivity contribution < 1.29 is 0 Å². The summed E-state index contributed by atoms with van der Waals surface area (Å²) in [6, 6.07) is 0. The molecule has 0 saturated carbocycles. The first kappa shape index (κ1) is 44.4. The van der Waals surface area contributed by atoms with Crippen molar-refractivity contribution in [3.05, 3.63) is 0 Å². The van der Waals surface area contributed by atoms with Gasteiger partial charge in [-0.2, -0.15) is 9.90 Å². The molecule has 0 aromatic heterocycles. The molecule has 0 N–H and O–H groups in total. The summed E-state index contributed by atoms with van der Waals surface area (Å²) in [6.45, 7) is 0. The molecule has 0 heterocycles. The first-order valence-electron chi connectivity index (χ1n) is 0. The van der Waals surface area contributed by atoms with Crippen LogP contribution in [0.5, 0.6) is 0 Å². The molecule has 5 heavy (non-hydrogen) atoms. The number of hydrogen-bond donors (Lipinski definition) is 0. The summed E-state index contributed by atoms with van der Waals surface area (Å²) in [5.41, 5.74) is 0. The van der Waals surface area contributed by atoms with Gasteiger partial charge in [-0.1, -0.05) is 0 Å². The van der Waals surface area contributed by atoms with Crippen LogP contribution < -0.4 is 0 Å². The standard InChI is InChI=1S/2Al.AsH3.In.H3P.9H/h;;1H3;;1H3;;;;;;;;;. The first-order valence-corrected chi connectivity index (χ1v) is 0. The van der Waals surface area contributed by atoms with Crippen LogP contribution in [0.1, 0.15) is 0 Å². The second kappa shape index (κ2) is 28.4. The third-order valence-corrected chi connectivity index (χ3v) is 0. The summed E-state index contributed by atoms with van der Waals surface area (Å²) in [6.07, 6.45) is 0. The van der Waals surface area contributed by atoms with E-state index >= 15 is 0 Å². The molecule has 5 heteroatoms. The van der Waals surface area contributed by atoms with E-state index < -0.39 is 0 Å². The van der Waals surface area contributed by atoms with Crippen LogP contribution in [0.15, 0.2) is 0 Å².